The molecule has 2 aliphatic rings. The zero-order valence-electron chi connectivity index (χ0n) is 17.0. The summed E-state index contributed by atoms with van der Waals surface area (Å²) in [5, 5.41) is 21.0. The van der Waals surface area contributed by atoms with E-state index < -0.39 is 0 Å². The van der Waals surface area contributed by atoms with E-state index in [4.69, 9.17) is 5.10 Å². The van der Waals surface area contributed by atoms with Gasteiger partial charge in [-0.15, -0.1) is 27.1 Å². The molecular weight excluding hydrogens is 442 g/mol. The largest absolute Gasteiger partial charge is 0.365 e. The van der Waals surface area contributed by atoms with Crippen LogP contribution in [0.3, 0.4) is 0 Å². The molecule has 2 N–H and O–H groups in total. The molecule has 0 saturated heterocycles. The summed E-state index contributed by atoms with van der Waals surface area (Å²) < 4.78 is 2.78. The molecule has 4 aromatic rings. The number of carbonyl (C=O) groups is 1. The lowest BCUT2D eigenvalue weighted by Crippen LogP contribution is -2.21. The number of thiazole rings is 1. The van der Waals surface area contributed by atoms with Crippen LogP contribution in [0.15, 0.2) is 40.4 Å². The topological polar surface area (TPSA) is 97.1 Å². The number of hydrogen-bond acceptors (Lipinski definition) is 8. The van der Waals surface area contributed by atoms with Crippen LogP contribution >= 0.6 is 23.1 Å². The third-order valence-corrected chi connectivity index (χ3v) is 7.29. The molecule has 0 radical (unpaired) electrons. The average molecular weight is 462 g/mol. The number of nitrogens with zero attached hydrogens (tertiary/aromatic N) is 5. The lowest BCUT2D eigenvalue weighted by atomic mass is 10.0. The van der Waals surface area contributed by atoms with Crippen LogP contribution in [0, 0.1) is 17.8 Å². The molecule has 1 fully saturated rings. The van der Waals surface area contributed by atoms with Crippen molar-refractivity contribution in [2.24, 2.45) is 5.92 Å². The van der Waals surface area contributed by atoms with E-state index in [0.717, 1.165) is 53.0 Å². The molecule has 1 saturated carbocycles. The minimum atomic E-state index is 0.0735. The van der Waals surface area contributed by atoms with Crippen LogP contribution in [0.5, 0.6) is 0 Å². The lowest BCUT2D eigenvalue weighted by Gasteiger charge is -2.17. The molecule has 1 aromatic carbocycles. The SMILES string of the molecule is O=C(Nc1nc2ccc(Sc3nnc4ccc(NC5CC#CCC5)nn34)cc2s1)C1CC1. The Labute approximate surface area is 192 Å². The summed E-state index contributed by atoms with van der Waals surface area (Å²) in [6.45, 7) is 0. The fourth-order valence-electron chi connectivity index (χ4n) is 3.55. The van der Waals surface area contributed by atoms with E-state index in [1.165, 1.54) is 23.1 Å². The zero-order valence-corrected chi connectivity index (χ0v) is 18.7. The highest BCUT2D eigenvalue weighted by Gasteiger charge is 2.30. The number of carbonyl (C=O) groups excluding carboxylic acids is 1. The highest BCUT2D eigenvalue weighted by molar-refractivity contribution is 7.99. The Morgan fingerprint density at radius 3 is 2.94 bits per heavy atom. The first-order chi connectivity index (χ1) is 15.7. The normalized spacial score (nSPS) is 17.8. The molecule has 3 heterocycles. The number of rotatable bonds is 6. The molecule has 0 bridgehead atoms. The van der Waals surface area contributed by atoms with Crippen molar-refractivity contribution >= 4 is 55.8 Å². The maximum absolute atomic E-state index is 12.0. The number of aromatic nitrogens is 5. The number of benzene rings is 1. The Morgan fingerprint density at radius 1 is 1.16 bits per heavy atom. The van der Waals surface area contributed by atoms with Crippen LogP contribution in [0.1, 0.15) is 32.1 Å². The molecule has 0 aliphatic heterocycles. The van der Waals surface area contributed by atoms with Crippen LogP contribution in [0.2, 0.25) is 0 Å². The molecule has 32 heavy (non-hydrogen) atoms. The molecule has 6 rings (SSSR count). The lowest BCUT2D eigenvalue weighted by molar-refractivity contribution is -0.117. The Balaban J connectivity index is 1.22. The van der Waals surface area contributed by atoms with Crippen molar-refractivity contribution in [3.05, 3.63) is 30.3 Å². The molecule has 3 aromatic heterocycles. The van der Waals surface area contributed by atoms with Crippen molar-refractivity contribution in [2.75, 3.05) is 10.6 Å². The molecule has 1 amide bonds. The predicted molar refractivity (Wildman–Crippen MR) is 125 cm³/mol. The van der Waals surface area contributed by atoms with Crippen LogP contribution in [-0.4, -0.2) is 36.7 Å². The first-order valence-electron chi connectivity index (χ1n) is 10.6. The monoisotopic (exact) mass is 461 g/mol. The number of hydrogen-bond donors (Lipinski definition) is 2. The maximum Gasteiger partial charge on any atom is 0.229 e. The van der Waals surface area contributed by atoms with E-state index in [-0.39, 0.29) is 11.8 Å². The van der Waals surface area contributed by atoms with Gasteiger partial charge in [0.15, 0.2) is 10.8 Å². The van der Waals surface area contributed by atoms with Crippen LogP contribution < -0.4 is 10.6 Å². The predicted octanol–water partition coefficient (Wildman–Crippen LogP) is 4.20. The second kappa shape index (κ2) is 8.07. The summed E-state index contributed by atoms with van der Waals surface area (Å²) in [5.74, 6) is 7.32. The molecule has 2 aliphatic carbocycles. The zero-order chi connectivity index (χ0) is 21.5. The minimum absolute atomic E-state index is 0.0735. The highest BCUT2D eigenvalue weighted by Crippen LogP contribution is 2.35. The van der Waals surface area contributed by atoms with Gasteiger partial charge >= 0.3 is 0 Å². The summed E-state index contributed by atoms with van der Waals surface area (Å²) in [4.78, 5) is 17.6. The van der Waals surface area contributed by atoms with Crippen LogP contribution in [0.25, 0.3) is 15.9 Å². The first kappa shape index (κ1) is 19.5. The molecule has 1 unspecified atom stereocenters. The Morgan fingerprint density at radius 2 is 2.09 bits per heavy atom. The third kappa shape index (κ3) is 4.01. The van der Waals surface area contributed by atoms with E-state index >= 15 is 0 Å². The molecule has 160 valence electrons. The number of fused-ring (bicyclic) bond motifs is 2. The van der Waals surface area contributed by atoms with Crippen molar-refractivity contribution in [1.82, 2.24) is 24.8 Å². The maximum atomic E-state index is 12.0. The van der Waals surface area contributed by atoms with Gasteiger partial charge in [0, 0.05) is 29.7 Å². The van der Waals surface area contributed by atoms with Crippen molar-refractivity contribution < 1.29 is 4.79 Å². The minimum Gasteiger partial charge on any atom is -0.365 e. The molecule has 8 nitrogen and oxygen atoms in total. The van der Waals surface area contributed by atoms with Gasteiger partial charge in [0.2, 0.25) is 11.1 Å². The smallest absolute Gasteiger partial charge is 0.229 e. The van der Waals surface area contributed by atoms with Gasteiger partial charge < -0.3 is 10.6 Å². The van der Waals surface area contributed by atoms with Gasteiger partial charge in [-0.25, -0.2) is 4.98 Å². The highest BCUT2D eigenvalue weighted by atomic mass is 32.2. The van der Waals surface area contributed by atoms with Crippen molar-refractivity contribution in [2.45, 2.75) is 48.2 Å². The fraction of sp³-hybridized carbons (Fsp3) is 0.318. The standard InChI is InChI=1S/C22H19N7OS2/c30-20(13-6-7-13)25-21-24-16-9-8-15(12-17(16)32-21)31-22-27-26-19-11-10-18(28-29(19)22)23-14-4-2-1-3-5-14/h8-14H,2,4-7H2,(H,23,28)(H,24,25,30). The van der Waals surface area contributed by atoms with Gasteiger partial charge in [-0.2, -0.15) is 4.52 Å². The summed E-state index contributed by atoms with van der Waals surface area (Å²) in [7, 11) is 0. The van der Waals surface area contributed by atoms with Gasteiger partial charge in [-0.05, 0) is 61.4 Å². The van der Waals surface area contributed by atoms with Crippen LogP contribution in [-0.2, 0) is 4.79 Å². The first-order valence-corrected chi connectivity index (χ1v) is 12.2. The third-order valence-electron chi connectivity index (χ3n) is 5.42. The summed E-state index contributed by atoms with van der Waals surface area (Å²) in [6.07, 6.45) is 4.73. The van der Waals surface area contributed by atoms with E-state index in [2.05, 4.69) is 43.7 Å². The molecule has 10 heteroatoms. The van der Waals surface area contributed by atoms with Gasteiger partial charge in [-0.1, -0.05) is 11.3 Å². The number of amides is 1. The Hall–Kier alpha value is -3.16. The summed E-state index contributed by atoms with van der Waals surface area (Å²) >= 11 is 2.99. The van der Waals surface area contributed by atoms with Gasteiger partial charge in [0.25, 0.3) is 0 Å². The van der Waals surface area contributed by atoms with Gasteiger partial charge in [-0.3, -0.25) is 4.79 Å². The summed E-state index contributed by atoms with van der Waals surface area (Å²) in [5.41, 5.74) is 1.57. The van der Waals surface area contributed by atoms with E-state index in [9.17, 15) is 4.79 Å². The summed E-state index contributed by atoms with van der Waals surface area (Å²) in [6, 6.07) is 10.2. The molecular formula is C22H19N7OS2. The number of nitrogens with one attached hydrogen (secondary N) is 2. The average Bonchev–Trinajstić information content (AvgIpc) is 3.48. The quantitative estimate of drug-likeness (QED) is 0.415. The number of anilines is 2. The van der Waals surface area contributed by atoms with Gasteiger partial charge in [0.1, 0.15) is 5.82 Å². The van der Waals surface area contributed by atoms with E-state index in [0.29, 0.717) is 22.0 Å². The second-order valence-corrected chi connectivity index (χ2v) is 9.99. The molecule has 0 spiro atoms. The van der Waals surface area contributed by atoms with Gasteiger partial charge in [0.05, 0.1) is 10.2 Å². The van der Waals surface area contributed by atoms with Crippen molar-refractivity contribution in [3.63, 3.8) is 0 Å². The Bertz CT molecular complexity index is 1400. The second-order valence-electron chi connectivity index (χ2n) is 7.92. The van der Waals surface area contributed by atoms with E-state index in [1.54, 1.807) is 4.52 Å². The van der Waals surface area contributed by atoms with Crippen molar-refractivity contribution in [1.29, 1.82) is 0 Å². The molecule has 1 atom stereocenters. The van der Waals surface area contributed by atoms with Crippen molar-refractivity contribution in [3.8, 4) is 11.8 Å². The Kier molecular flexibility index (Phi) is 4.92. The van der Waals surface area contributed by atoms with E-state index in [1.807, 2.05) is 24.3 Å². The van der Waals surface area contributed by atoms with Crippen LogP contribution in [0.4, 0.5) is 10.9 Å². The fourth-order valence-corrected chi connectivity index (χ4v) is 5.36.